The first-order valence-corrected chi connectivity index (χ1v) is 11.3. The maximum absolute atomic E-state index is 13.6. The zero-order chi connectivity index (χ0) is 24.9. The Morgan fingerprint density at radius 2 is 1.94 bits per heavy atom. The molecule has 0 saturated heterocycles. The topological polar surface area (TPSA) is 133 Å². The number of nitrogens with one attached hydrogen (secondary N) is 2. The van der Waals surface area contributed by atoms with Crippen molar-refractivity contribution in [1.82, 2.24) is 34.8 Å². The van der Waals surface area contributed by atoms with Gasteiger partial charge in [0.1, 0.15) is 11.4 Å². The zero-order valence-electron chi connectivity index (χ0n) is 19.9. The number of carbonyl (C=O) groups is 1. The number of phenolic OH excluding ortho intramolecular Hbond substituents is 1. The predicted molar refractivity (Wildman–Crippen MR) is 132 cm³/mol. The fourth-order valence-electron chi connectivity index (χ4n) is 4.38. The van der Waals surface area contributed by atoms with Crippen molar-refractivity contribution in [3.05, 3.63) is 69.4 Å². The summed E-state index contributed by atoms with van der Waals surface area (Å²) in [5.41, 5.74) is 4.53. The summed E-state index contributed by atoms with van der Waals surface area (Å²) in [4.78, 5) is 36.5. The van der Waals surface area contributed by atoms with Crippen molar-refractivity contribution in [3.63, 3.8) is 0 Å². The van der Waals surface area contributed by atoms with Gasteiger partial charge in [-0.25, -0.2) is 9.97 Å². The molecular formula is C25H25N7O3. The molecule has 178 valence electrons. The van der Waals surface area contributed by atoms with Gasteiger partial charge in [0.2, 0.25) is 0 Å². The number of hydrogen-bond donors (Lipinski definition) is 3. The molecule has 3 heterocycles. The third kappa shape index (κ3) is 3.82. The number of nitrogens with zero attached hydrogens (tertiary/aromatic N) is 5. The average Bonchev–Trinajstić information content (AvgIpc) is 3.39. The highest BCUT2D eigenvalue weighted by molar-refractivity contribution is 6.05. The minimum Gasteiger partial charge on any atom is -0.508 e. The second-order valence-corrected chi connectivity index (χ2v) is 8.62. The smallest absolute Gasteiger partial charge is 0.273 e. The second-order valence-electron chi connectivity index (χ2n) is 8.62. The van der Waals surface area contributed by atoms with Gasteiger partial charge in [0.15, 0.2) is 5.82 Å². The Kier molecular flexibility index (Phi) is 5.35. The third-order valence-electron chi connectivity index (χ3n) is 6.27. The maximum Gasteiger partial charge on any atom is 0.273 e. The number of carbonyl (C=O) groups excluding carboxylic acids is 1. The minimum absolute atomic E-state index is 0.0211. The first kappa shape index (κ1) is 22.3. The maximum atomic E-state index is 13.6. The van der Waals surface area contributed by atoms with Gasteiger partial charge in [-0.3, -0.25) is 24.5 Å². The molecule has 0 fully saturated rings. The molecule has 0 aliphatic heterocycles. The van der Waals surface area contributed by atoms with Crippen LogP contribution < -0.4 is 5.56 Å². The average molecular weight is 472 g/mol. The van der Waals surface area contributed by atoms with E-state index in [1.54, 1.807) is 30.3 Å². The largest absolute Gasteiger partial charge is 0.508 e. The van der Waals surface area contributed by atoms with Crippen LogP contribution in [0.1, 0.15) is 34.2 Å². The fourth-order valence-corrected chi connectivity index (χ4v) is 4.38. The number of amides is 1. The molecule has 3 aromatic heterocycles. The highest BCUT2D eigenvalue weighted by atomic mass is 16.3. The standard InChI is InChI=1S/C25H25N7O3/c1-5-32-14(3)16(11-26-32)12-31(4)25(35)22-18-10-17(33)6-7-19(18)27-23(28-22)15-8-13(2)21-20(9-15)29-30-24(21)34/h6-11,33H,5,12H2,1-4H3,(H2,29,30,34). The highest BCUT2D eigenvalue weighted by Crippen LogP contribution is 2.28. The van der Waals surface area contributed by atoms with Crippen molar-refractivity contribution < 1.29 is 9.90 Å². The number of H-pyrrole nitrogens is 2. The van der Waals surface area contributed by atoms with E-state index < -0.39 is 0 Å². The molecule has 35 heavy (non-hydrogen) atoms. The summed E-state index contributed by atoms with van der Waals surface area (Å²) in [6.45, 7) is 6.94. The summed E-state index contributed by atoms with van der Waals surface area (Å²) < 4.78 is 1.88. The Morgan fingerprint density at radius 1 is 1.14 bits per heavy atom. The van der Waals surface area contributed by atoms with Gasteiger partial charge in [0.05, 0.1) is 22.6 Å². The molecule has 0 spiro atoms. The lowest BCUT2D eigenvalue weighted by Crippen LogP contribution is -2.27. The summed E-state index contributed by atoms with van der Waals surface area (Å²) in [5.74, 6) is 0.0653. The Bertz CT molecular complexity index is 1660. The molecule has 10 nitrogen and oxygen atoms in total. The van der Waals surface area contributed by atoms with Gasteiger partial charge >= 0.3 is 0 Å². The molecule has 5 rings (SSSR count). The molecule has 0 aliphatic rings. The van der Waals surface area contributed by atoms with Gasteiger partial charge in [0.25, 0.3) is 11.5 Å². The monoisotopic (exact) mass is 471 g/mol. The number of aromatic nitrogens is 6. The number of aromatic hydroxyl groups is 1. The van der Waals surface area contributed by atoms with Crippen LogP contribution in [0.15, 0.2) is 41.3 Å². The van der Waals surface area contributed by atoms with Gasteiger partial charge in [-0.1, -0.05) is 0 Å². The summed E-state index contributed by atoms with van der Waals surface area (Å²) in [5, 5.41) is 20.9. The van der Waals surface area contributed by atoms with Crippen LogP contribution in [0.4, 0.5) is 0 Å². The van der Waals surface area contributed by atoms with Crippen molar-refractivity contribution in [2.45, 2.75) is 33.9 Å². The van der Waals surface area contributed by atoms with E-state index in [2.05, 4.69) is 25.3 Å². The van der Waals surface area contributed by atoms with E-state index in [-0.39, 0.29) is 22.9 Å². The first-order valence-electron chi connectivity index (χ1n) is 11.3. The van der Waals surface area contributed by atoms with Crippen LogP contribution in [-0.2, 0) is 13.1 Å². The Morgan fingerprint density at radius 3 is 2.69 bits per heavy atom. The molecule has 0 radical (unpaired) electrons. The van der Waals surface area contributed by atoms with Gasteiger partial charge < -0.3 is 10.0 Å². The second kappa shape index (κ2) is 8.39. The molecule has 10 heteroatoms. The van der Waals surface area contributed by atoms with E-state index in [1.165, 1.54) is 12.1 Å². The molecule has 3 N–H and O–H groups in total. The molecule has 1 amide bonds. The van der Waals surface area contributed by atoms with E-state index in [4.69, 9.17) is 0 Å². The molecule has 2 aromatic carbocycles. The summed E-state index contributed by atoms with van der Waals surface area (Å²) in [7, 11) is 1.71. The number of phenols is 1. The van der Waals surface area contributed by atoms with Gasteiger partial charge in [-0.15, -0.1) is 0 Å². The third-order valence-corrected chi connectivity index (χ3v) is 6.27. The van der Waals surface area contributed by atoms with E-state index in [1.807, 2.05) is 31.5 Å². The number of hydrogen-bond acceptors (Lipinski definition) is 6. The number of aromatic amines is 2. The zero-order valence-corrected chi connectivity index (χ0v) is 19.9. The van der Waals surface area contributed by atoms with Crippen molar-refractivity contribution in [3.8, 4) is 17.1 Å². The fraction of sp³-hybridized carbons (Fsp3) is 0.240. The van der Waals surface area contributed by atoms with E-state index in [0.717, 1.165) is 23.4 Å². The van der Waals surface area contributed by atoms with Crippen LogP contribution in [0.25, 0.3) is 33.2 Å². The highest BCUT2D eigenvalue weighted by Gasteiger charge is 2.22. The lowest BCUT2D eigenvalue weighted by molar-refractivity contribution is 0.0781. The number of rotatable bonds is 5. The summed E-state index contributed by atoms with van der Waals surface area (Å²) in [6, 6.07) is 8.29. The normalized spacial score (nSPS) is 11.4. The SMILES string of the molecule is CCn1ncc(CN(C)C(=O)c2nc(-c3cc(C)c4c(=O)[nH][nH]c4c3)nc3ccc(O)cc23)c1C. The van der Waals surface area contributed by atoms with Crippen LogP contribution in [-0.4, -0.2) is 52.9 Å². The molecule has 5 aromatic rings. The number of benzene rings is 2. The number of fused-ring (bicyclic) bond motifs is 2. The van der Waals surface area contributed by atoms with Crippen LogP contribution in [0.3, 0.4) is 0 Å². The van der Waals surface area contributed by atoms with Crippen LogP contribution in [0.2, 0.25) is 0 Å². The van der Waals surface area contributed by atoms with Crippen molar-refractivity contribution in [1.29, 1.82) is 0 Å². The minimum atomic E-state index is -0.305. The predicted octanol–water partition coefficient (Wildman–Crippen LogP) is 3.28. The molecular weight excluding hydrogens is 446 g/mol. The Balaban J connectivity index is 1.61. The first-order chi connectivity index (χ1) is 16.8. The van der Waals surface area contributed by atoms with E-state index >= 15 is 0 Å². The lowest BCUT2D eigenvalue weighted by Gasteiger charge is -2.18. The molecule has 0 atom stereocenters. The molecule has 0 aliphatic carbocycles. The van der Waals surface area contributed by atoms with Crippen LogP contribution in [0, 0.1) is 13.8 Å². The van der Waals surface area contributed by atoms with Gasteiger partial charge in [0, 0.05) is 42.3 Å². The van der Waals surface area contributed by atoms with Crippen molar-refractivity contribution in [2.75, 3.05) is 7.05 Å². The van der Waals surface area contributed by atoms with Crippen LogP contribution >= 0.6 is 0 Å². The quantitative estimate of drug-likeness (QED) is 0.360. The van der Waals surface area contributed by atoms with Gasteiger partial charge in [-0.2, -0.15) is 5.10 Å². The van der Waals surface area contributed by atoms with Gasteiger partial charge in [-0.05, 0) is 56.7 Å². The Labute approximate surface area is 200 Å². The number of aryl methyl sites for hydroxylation is 2. The molecule has 0 saturated carbocycles. The van der Waals surface area contributed by atoms with E-state index in [0.29, 0.717) is 39.7 Å². The van der Waals surface area contributed by atoms with Crippen molar-refractivity contribution in [2.24, 2.45) is 0 Å². The molecule has 0 bridgehead atoms. The molecule has 0 unspecified atom stereocenters. The summed E-state index contributed by atoms with van der Waals surface area (Å²) >= 11 is 0. The van der Waals surface area contributed by atoms with Crippen LogP contribution in [0.5, 0.6) is 5.75 Å². The Hall–Kier alpha value is -4.47. The van der Waals surface area contributed by atoms with Crippen molar-refractivity contribution >= 4 is 27.7 Å². The van der Waals surface area contributed by atoms with E-state index in [9.17, 15) is 14.7 Å². The lowest BCUT2D eigenvalue weighted by atomic mass is 10.1. The summed E-state index contributed by atoms with van der Waals surface area (Å²) in [6.07, 6.45) is 1.77.